The van der Waals surface area contributed by atoms with Crippen molar-refractivity contribution in [2.45, 2.75) is 138 Å². The number of hydrogen-bond donors (Lipinski definition) is 17. The average Bonchev–Trinajstić information content (AvgIpc) is 0.782. The van der Waals surface area contributed by atoms with Gasteiger partial charge in [0.1, 0.15) is 88.6 Å². The fraction of sp³-hybridized carbons (Fsp3) is 0.324. The lowest BCUT2D eigenvalue weighted by Gasteiger charge is -2.31. The molecule has 0 aliphatic carbocycles. The lowest BCUT2D eigenvalue weighted by Crippen LogP contribution is -2.56. The molecule has 17 bridgehead atoms. The number of unbranched alkanes of at least 4 members (excludes halogenated alkanes) is 8. The van der Waals surface area contributed by atoms with E-state index < -0.39 is 142 Å². The van der Waals surface area contributed by atoms with Gasteiger partial charge in [0.15, 0.2) is 23.0 Å². The maximum absolute atomic E-state index is 16.0. The van der Waals surface area contributed by atoms with Crippen LogP contribution in [0.3, 0.4) is 0 Å². The van der Waals surface area contributed by atoms with Gasteiger partial charge in [0.2, 0.25) is 53.0 Å². The fourth-order valence-corrected chi connectivity index (χ4v) is 13.2. The number of aromatic hydroxyl groups is 6. The quantitative estimate of drug-likeness (QED) is 0.0411. The van der Waals surface area contributed by atoms with E-state index >= 15 is 24.0 Å². The molecule has 0 saturated heterocycles. The first-order valence-electron chi connectivity index (χ1n) is 33.9. The Hall–Kier alpha value is -11.0. The Balaban J connectivity index is 0.995. The van der Waals surface area contributed by atoms with Crippen LogP contribution in [0.5, 0.6) is 69.0 Å². The van der Waals surface area contributed by atoms with E-state index in [0.717, 1.165) is 80.3 Å². The molecule has 8 amide bonds. The zero-order valence-corrected chi connectivity index (χ0v) is 57.6. The number of benzene rings is 7. The summed E-state index contributed by atoms with van der Waals surface area (Å²) < 4.78 is 18.6. The highest BCUT2D eigenvalue weighted by Gasteiger charge is 2.42. The van der Waals surface area contributed by atoms with Gasteiger partial charge in [-0.1, -0.05) is 99.3 Å². The monoisotopic (exact) mass is 1460 g/mol. The number of phenols is 6. The molecule has 6 heterocycles. The summed E-state index contributed by atoms with van der Waals surface area (Å²) in [6.45, 7) is 2.57. The van der Waals surface area contributed by atoms with Crippen molar-refractivity contribution in [3.8, 4) is 80.1 Å². The van der Waals surface area contributed by atoms with Crippen LogP contribution < -0.4 is 68.2 Å². The molecular weight excluding hydrogens is 1390 g/mol. The molecule has 7 aromatic rings. The first-order valence-corrected chi connectivity index (χ1v) is 34.7. The van der Waals surface area contributed by atoms with E-state index in [-0.39, 0.29) is 109 Å². The van der Waals surface area contributed by atoms with Gasteiger partial charge in [-0.05, 0) is 143 Å². The Kier molecular flexibility index (Phi) is 23.2. The predicted molar refractivity (Wildman–Crippen MR) is 378 cm³/mol. The number of aliphatic hydroxyl groups is 1. The van der Waals surface area contributed by atoms with Crippen molar-refractivity contribution < 1.29 is 88.3 Å². The normalized spacial score (nSPS) is 20.4. The number of carbonyl (C=O) groups excluding carboxylic acids is 8. The first-order chi connectivity index (χ1) is 49.8. The minimum atomic E-state index is -2.18. The molecule has 546 valence electrons. The minimum absolute atomic E-state index is 0.0761. The van der Waals surface area contributed by atoms with E-state index in [1.54, 1.807) is 0 Å². The van der Waals surface area contributed by atoms with Crippen molar-refractivity contribution in [3.05, 3.63) is 164 Å². The molecular formula is C74H78Cl2N10O18. The van der Waals surface area contributed by atoms with E-state index in [1.807, 2.05) is 0 Å². The number of hydrogen-bond acceptors (Lipinski definition) is 20. The molecule has 104 heavy (non-hydrogen) atoms. The van der Waals surface area contributed by atoms with E-state index in [9.17, 15) is 50.1 Å². The van der Waals surface area contributed by atoms with Crippen molar-refractivity contribution in [1.29, 1.82) is 0 Å². The number of nitrogens with one attached hydrogen (secondary N) is 8. The third kappa shape index (κ3) is 17.0. The Morgan fingerprint density at radius 2 is 1.10 bits per heavy atom. The number of carbonyl (C=O) groups is 8. The molecule has 30 heteroatoms. The van der Waals surface area contributed by atoms with Gasteiger partial charge in [0, 0.05) is 42.8 Å². The number of phenolic OH excluding ortho intramolecular Hbond substituents is 6. The number of ether oxygens (including phenoxy) is 3. The molecule has 28 nitrogen and oxygen atoms in total. The van der Waals surface area contributed by atoms with Crippen molar-refractivity contribution in [2.75, 3.05) is 13.1 Å². The van der Waals surface area contributed by atoms with Crippen LogP contribution in [0.2, 0.25) is 10.0 Å². The third-order valence-electron chi connectivity index (χ3n) is 18.4. The topological polar surface area (TPSA) is 454 Å². The lowest BCUT2D eigenvalue weighted by atomic mass is 9.89. The van der Waals surface area contributed by atoms with Crippen LogP contribution in [0.1, 0.15) is 153 Å². The van der Waals surface area contributed by atoms with Crippen LogP contribution >= 0.6 is 23.2 Å². The molecule has 9 atom stereocenters. The second-order valence-electron chi connectivity index (χ2n) is 25.9. The molecule has 0 aromatic heterocycles. The Morgan fingerprint density at radius 1 is 0.519 bits per heavy atom. The second-order valence-corrected chi connectivity index (χ2v) is 26.7. The minimum Gasteiger partial charge on any atom is -0.508 e. The van der Waals surface area contributed by atoms with Crippen molar-refractivity contribution >= 4 is 70.5 Å². The molecule has 7 aromatic carbocycles. The standard InChI is InChI=1S/C74H78Cl2N10O18/c1-2-3-4-5-6-7-8-10-21-79-67(94)48(77)12-9-11-22-80-70(97)63-45-33-42(88)34-52(91)58(45)44-27-37(15-17-50(44)89)60-71(98)86-64(74(101)85-63)65(92)38-16-20-54(47(76)28-38)104-57-31-40-30-56(66(57)93)103-53-19-13-35(23-46(53)75)24-49-68(95)82-61(72(99)84-62(40)73(100)83-60)39-25-41(87)32-43(26-39)102-55-29-36(14-18-51(55)90)59(78)69(96)81-49/h13-20,23,25-34,48-49,59-65,87-93H,2-12,21-22,24,77-78H2,1H3,(H,79,94)(H,80,97)(H,81,96)(H,82,95)(H,83,100)(H,84,99)(H,85,101)(H,86,98)/t48?,49-,59-,60-,61+,62-,63+,64+,65-/m1/s1. The van der Waals surface area contributed by atoms with Gasteiger partial charge in [0.05, 0.1) is 16.1 Å². The summed E-state index contributed by atoms with van der Waals surface area (Å²) >= 11 is 13.9. The molecule has 6 aliphatic rings. The first kappa shape index (κ1) is 74.2. The summed E-state index contributed by atoms with van der Waals surface area (Å²) in [4.78, 5) is 119. The van der Waals surface area contributed by atoms with Gasteiger partial charge in [0.25, 0.3) is 0 Å². The highest BCUT2D eigenvalue weighted by atomic mass is 35.5. The summed E-state index contributed by atoms with van der Waals surface area (Å²) in [5, 5.41) is 103. The smallest absolute Gasteiger partial charge is 0.248 e. The molecule has 19 N–H and O–H groups in total. The van der Waals surface area contributed by atoms with E-state index in [2.05, 4.69) is 49.5 Å². The van der Waals surface area contributed by atoms with Gasteiger partial charge >= 0.3 is 0 Å². The van der Waals surface area contributed by atoms with Gasteiger partial charge in [-0.3, -0.25) is 38.4 Å². The van der Waals surface area contributed by atoms with Gasteiger partial charge in [-0.15, -0.1) is 0 Å². The second kappa shape index (κ2) is 32.5. The zero-order valence-electron chi connectivity index (χ0n) is 56.1. The number of halogens is 2. The van der Waals surface area contributed by atoms with Crippen LogP contribution in [-0.4, -0.2) is 114 Å². The summed E-state index contributed by atoms with van der Waals surface area (Å²) in [7, 11) is 0. The SMILES string of the molecule is CCCCCCCCCCNC(=O)C(N)CCCCNC(=O)[C@H]1NC(=O)[C@H]2NC(=O)[C@H](NC(=O)[C@@H]3NC(=O)[C@H]4NC(=O)[C@@H](Cc5ccc(c(Cl)c5)Oc5cc3cc(c5O)Oc3ccc(cc3Cl)[C@H]2O)NC(=O)[C@H](N)c2ccc(O)c(c2)Oc2cc(O)cc4c2)c2ccc(O)c(c2)-c2c(O)cc(O)cc21. The summed E-state index contributed by atoms with van der Waals surface area (Å²) in [6, 6.07) is 8.16. The highest BCUT2D eigenvalue weighted by molar-refractivity contribution is 6.32. The summed E-state index contributed by atoms with van der Waals surface area (Å²) in [5.74, 6) is -14.1. The van der Waals surface area contributed by atoms with Crippen LogP contribution in [0.25, 0.3) is 11.1 Å². The Morgan fingerprint density at radius 3 is 1.79 bits per heavy atom. The number of nitrogens with two attached hydrogens (primary N) is 2. The van der Waals surface area contributed by atoms with E-state index in [4.69, 9.17) is 48.9 Å². The van der Waals surface area contributed by atoms with Gasteiger partial charge in [-0.2, -0.15) is 0 Å². The van der Waals surface area contributed by atoms with Crippen LogP contribution in [0.15, 0.2) is 115 Å². The molecule has 13 rings (SSSR count). The molecule has 0 spiro atoms. The number of rotatable bonds is 16. The molecule has 0 saturated carbocycles. The average molecular weight is 1470 g/mol. The third-order valence-corrected chi connectivity index (χ3v) is 19.0. The summed E-state index contributed by atoms with van der Waals surface area (Å²) in [6.07, 6.45) is 7.14. The molecule has 0 fully saturated rings. The zero-order chi connectivity index (χ0) is 74.2. The van der Waals surface area contributed by atoms with Crippen molar-refractivity contribution in [2.24, 2.45) is 11.5 Å². The van der Waals surface area contributed by atoms with Gasteiger partial charge < -0.3 is 104 Å². The Bertz CT molecular complexity index is 4500. The van der Waals surface area contributed by atoms with E-state index in [1.165, 1.54) is 86.3 Å². The summed E-state index contributed by atoms with van der Waals surface area (Å²) in [5.41, 5.74) is 11.1. The fourth-order valence-electron chi connectivity index (χ4n) is 12.8. The van der Waals surface area contributed by atoms with Crippen LogP contribution in [0, 0.1) is 0 Å². The number of amides is 8. The van der Waals surface area contributed by atoms with Crippen LogP contribution in [-0.2, 0) is 44.8 Å². The van der Waals surface area contributed by atoms with E-state index in [0.29, 0.717) is 18.5 Å². The van der Waals surface area contributed by atoms with Gasteiger partial charge in [-0.25, -0.2) is 0 Å². The van der Waals surface area contributed by atoms with Crippen molar-refractivity contribution in [1.82, 2.24) is 42.5 Å². The highest BCUT2D eigenvalue weighted by Crippen LogP contribution is 2.48. The largest absolute Gasteiger partial charge is 0.508 e. The Labute approximate surface area is 605 Å². The molecule has 6 aliphatic heterocycles. The van der Waals surface area contributed by atoms with Crippen LogP contribution in [0.4, 0.5) is 0 Å². The maximum Gasteiger partial charge on any atom is 0.248 e. The van der Waals surface area contributed by atoms with Crippen molar-refractivity contribution in [3.63, 3.8) is 0 Å². The lowest BCUT2D eigenvalue weighted by molar-refractivity contribution is -0.137. The predicted octanol–water partition coefficient (Wildman–Crippen LogP) is 7.77. The maximum atomic E-state index is 16.0. The number of aliphatic hydroxyl groups excluding tert-OH is 1. The number of fused-ring (bicyclic) bond motifs is 14. The molecule has 1 unspecified atom stereocenters. The molecule has 0 radical (unpaired) electrons.